The molecule has 2 heterocycles. The number of benzene rings is 1. The van der Waals surface area contributed by atoms with Crippen molar-refractivity contribution in [2.75, 3.05) is 18.4 Å². The van der Waals surface area contributed by atoms with Crippen molar-refractivity contribution in [3.63, 3.8) is 0 Å². The lowest BCUT2D eigenvalue weighted by molar-refractivity contribution is -0.121. The van der Waals surface area contributed by atoms with E-state index in [9.17, 15) is 9.59 Å². The highest BCUT2D eigenvalue weighted by molar-refractivity contribution is 5.95. The number of nitrogens with zero attached hydrogens (tertiary/aromatic N) is 1. The van der Waals surface area contributed by atoms with Gasteiger partial charge < -0.3 is 14.6 Å². The molecule has 24 heavy (non-hydrogen) atoms. The largest absolute Gasteiger partial charge is 0.459 e. The Morgan fingerprint density at radius 2 is 2.08 bits per heavy atom. The maximum absolute atomic E-state index is 12.6. The highest BCUT2D eigenvalue weighted by atomic mass is 16.3. The van der Waals surface area contributed by atoms with Gasteiger partial charge in [-0.25, -0.2) is 0 Å². The second-order valence-electron chi connectivity index (χ2n) is 6.38. The van der Waals surface area contributed by atoms with Crippen molar-refractivity contribution in [1.82, 2.24) is 4.90 Å². The molecule has 0 spiro atoms. The number of likely N-dealkylation sites (tertiary alicyclic amines) is 1. The topological polar surface area (TPSA) is 62.6 Å². The Hall–Kier alpha value is -2.56. The molecular formula is C19H22N2O3. The number of hydrogen-bond donors (Lipinski definition) is 1. The van der Waals surface area contributed by atoms with Crippen LogP contribution in [0.3, 0.4) is 0 Å². The lowest BCUT2D eigenvalue weighted by atomic mass is 9.96. The molecule has 1 N–H and O–H groups in total. The fraction of sp³-hybridized carbons (Fsp3) is 0.368. The van der Waals surface area contributed by atoms with E-state index < -0.39 is 0 Å². The standard InChI is InChI=1S/C19H22N2O3/c1-13-7-8-14(2)16(11-13)20-18(22)15-5-3-9-21(12-15)19(23)17-6-4-10-24-17/h4,6-8,10-11,15H,3,5,9,12H2,1-2H3,(H,20,22). The number of carbonyl (C=O) groups is 2. The quantitative estimate of drug-likeness (QED) is 0.940. The summed E-state index contributed by atoms with van der Waals surface area (Å²) in [5.74, 6) is -0.0481. The SMILES string of the molecule is Cc1ccc(C)c(NC(=O)C2CCCN(C(=O)c3ccco3)C2)c1. The molecule has 1 atom stereocenters. The van der Waals surface area contributed by atoms with Gasteiger partial charge in [0.2, 0.25) is 5.91 Å². The fourth-order valence-electron chi connectivity index (χ4n) is 3.04. The van der Waals surface area contributed by atoms with E-state index in [1.165, 1.54) is 6.26 Å². The number of piperidine rings is 1. The first kappa shape index (κ1) is 16.3. The van der Waals surface area contributed by atoms with Gasteiger partial charge in [0.15, 0.2) is 5.76 Å². The molecule has 3 rings (SSSR count). The van der Waals surface area contributed by atoms with Crippen molar-refractivity contribution in [3.05, 3.63) is 53.5 Å². The van der Waals surface area contributed by atoms with Crippen LogP contribution in [0.5, 0.6) is 0 Å². The molecule has 2 amide bonds. The minimum Gasteiger partial charge on any atom is -0.459 e. The third kappa shape index (κ3) is 3.50. The summed E-state index contributed by atoms with van der Waals surface area (Å²) in [6.45, 7) is 5.06. The van der Waals surface area contributed by atoms with Gasteiger partial charge in [0, 0.05) is 18.8 Å². The Bertz CT molecular complexity index is 737. The maximum atomic E-state index is 12.6. The Kier molecular flexibility index (Phi) is 4.69. The van der Waals surface area contributed by atoms with Gasteiger partial charge in [0.25, 0.3) is 5.91 Å². The third-order valence-corrected chi connectivity index (χ3v) is 4.46. The van der Waals surface area contributed by atoms with Crippen LogP contribution < -0.4 is 5.32 Å². The fourth-order valence-corrected chi connectivity index (χ4v) is 3.04. The molecule has 1 aliphatic heterocycles. The molecule has 0 aliphatic carbocycles. The number of nitrogens with one attached hydrogen (secondary N) is 1. The van der Waals surface area contributed by atoms with Crippen LogP contribution in [0, 0.1) is 19.8 Å². The second kappa shape index (κ2) is 6.91. The molecule has 0 saturated carbocycles. The van der Waals surface area contributed by atoms with Crippen molar-refractivity contribution in [2.24, 2.45) is 5.92 Å². The van der Waals surface area contributed by atoms with Crippen molar-refractivity contribution in [1.29, 1.82) is 0 Å². The van der Waals surface area contributed by atoms with Crippen molar-refractivity contribution >= 4 is 17.5 Å². The van der Waals surface area contributed by atoms with Crippen molar-refractivity contribution < 1.29 is 14.0 Å². The van der Waals surface area contributed by atoms with Gasteiger partial charge in [-0.1, -0.05) is 12.1 Å². The van der Waals surface area contributed by atoms with E-state index >= 15 is 0 Å². The minimum absolute atomic E-state index is 0.0272. The van der Waals surface area contributed by atoms with Gasteiger partial charge in [-0.2, -0.15) is 0 Å². The van der Waals surface area contributed by atoms with Crippen molar-refractivity contribution in [3.8, 4) is 0 Å². The normalized spacial score (nSPS) is 17.6. The molecule has 5 heteroatoms. The Morgan fingerprint density at radius 1 is 1.25 bits per heavy atom. The number of amides is 2. The van der Waals surface area contributed by atoms with Crippen LogP contribution in [0.4, 0.5) is 5.69 Å². The van der Waals surface area contributed by atoms with Crippen LogP contribution >= 0.6 is 0 Å². The van der Waals surface area contributed by atoms with Gasteiger partial charge in [-0.05, 0) is 56.0 Å². The average Bonchev–Trinajstić information content (AvgIpc) is 3.12. The number of furan rings is 1. The first-order valence-corrected chi connectivity index (χ1v) is 8.25. The number of rotatable bonds is 3. The highest BCUT2D eigenvalue weighted by Crippen LogP contribution is 2.22. The molecule has 0 bridgehead atoms. The zero-order valence-corrected chi connectivity index (χ0v) is 14.0. The van der Waals surface area contributed by atoms with Crippen LogP contribution in [-0.4, -0.2) is 29.8 Å². The third-order valence-electron chi connectivity index (χ3n) is 4.46. The van der Waals surface area contributed by atoms with Crippen LogP contribution in [0.2, 0.25) is 0 Å². The molecule has 1 saturated heterocycles. The second-order valence-corrected chi connectivity index (χ2v) is 6.38. The number of anilines is 1. The van der Waals surface area contributed by atoms with Gasteiger partial charge in [-0.3, -0.25) is 9.59 Å². The number of hydrogen-bond acceptors (Lipinski definition) is 3. The molecule has 5 nitrogen and oxygen atoms in total. The summed E-state index contributed by atoms with van der Waals surface area (Å²) < 4.78 is 5.18. The summed E-state index contributed by atoms with van der Waals surface area (Å²) in [5.41, 5.74) is 2.98. The summed E-state index contributed by atoms with van der Waals surface area (Å²) in [6.07, 6.45) is 3.10. The molecule has 2 aromatic rings. The van der Waals surface area contributed by atoms with E-state index in [4.69, 9.17) is 4.42 Å². The van der Waals surface area contributed by atoms with Crippen LogP contribution in [0.1, 0.15) is 34.5 Å². The van der Waals surface area contributed by atoms with Gasteiger partial charge in [0.1, 0.15) is 0 Å². The number of aryl methyl sites for hydroxylation is 2. The molecule has 1 aromatic carbocycles. The highest BCUT2D eigenvalue weighted by Gasteiger charge is 2.30. The van der Waals surface area contributed by atoms with E-state index in [1.807, 2.05) is 32.0 Å². The van der Waals surface area contributed by atoms with E-state index in [0.29, 0.717) is 18.8 Å². The Morgan fingerprint density at radius 3 is 2.83 bits per heavy atom. The predicted molar refractivity (Wildman–Crippen MR) is 91.9 cm³/mol. The maximum Gasteiger partial charge on any atom is 0.289 e. The lowest BCUT2D eigenvalue weighted by Gasteiger charge is -2.31. The van der Waals surface area contributed by atoms with Crippen LogP contribution in [-0.2, 0) is 4.79 Å². The smallest absolute Gasteiger partial charge is 0.289 e. The molecule has 1 aliphatic rings. The van der Waals surface area contributed by atoms with Gasteiger partial charge in [0.05, 0.1) is 12.2 Å². The Labute approximate surface area is 141 Å². The van der Waals surface area contributed by atoms with E-state index in [1.54, 1.807) is 17.0 Å². The molecule has 1 aromatic heterocycles. The minimum atomic E-state index is -0.197. The molecular weight excluding hydrogens is 304 g/mol. The predicted octanol–water partition coefficient (Wildman–Crippen LogP) is 3.39. The zero-order valence-electron chi connectivity index (χ0n) is 14.0. The molecule has 126 valence electrons. The van der Waals surface area contributed by atoms with E-state index in [2.05, 4.69) is 5.32 Å². The van der Waals surface area contributed by atoms with Crippen LogP contribution in [0.15, 0.2) is 41.0 Å². The summed E-state index contributed by atoms with van der Waals surface area (Å²) in [5, 5.41) is 3.01. The lowest BCUT2D eigenvalue weighted by Crippen LogP contribution is -2.43. The first-order valence-electron chi connectivity index (χ1n) is 8.25. The van der Waals surface area contributed by atoms with E-state index in [0.717, 1.165) is 29.7 Å². The van der Waals surface area contributed by atoms with Crippen LogP contribution in [0.25, 0.3) is 0 Å². The zero-order chi connectivity index (χ0) is 17.1. The molecule has 0 radical (unpaired) electrons. The van der Waals surface area contributed by atoms with Crippen molar-refractivity contribution in [2.45, 2.75) is 26.7 Å². The van der Waals surface area contributed by atoms with Gasteiger partial charge >= 0.3 is 0 Å². The molecule has 1 unspecified atom stereocenters. The number of carbonyl (C=O) groups excluding carboxylic acids is 2. The summed E-state index contributed by atoms with van der Waals surface area (Å²) in [7, 11) is 0. The molecule has 1 fully saturated rings. The Balaban J connectivity index is 1.67. The van der Waals surface area contributed by atoms with E-state index in [-0.39, 0.29) is 17.7 Å². The summed E-state index contributed by atoms with van der Waals surface area (Å²) >= 11 is 0. The first-order chi connectivity index (χ1) is 11.5. The summed E-state index contributed by atoms with van der Waals surface area (Å²) in [6, 6.07) is 9.35. The summed E-state index contributed by atoms with van der Waals surface area (Å²) in [4.78, 5) is 26.7. The monoisotopic (exact) mass is 326 g/mol. The van der Waals surface area contributed by atoms with Gasteiger partial charge in [-0.15, -0.1) is 0 Å². The average molecular weight is 326 g/mol.